The van der Waals surface area contributed by atoms with Crippen molar-refractivity contribution < 1.29 is 9.84 Å². The summed E-state index contributed by atoms with van der Waals surface area (Å²) >= 11 is 0. The summed E-state index contributed by atoms with van der Waals surface area (Å²) in [6.07, 6.45) is 0.449. The van der Waals surface area contributed by atoms with Crippen LogP contribution in [0, 0.1) is 6.92 Å². The first-order valence-electron chi connectivity index (χ1n) is 5.88. The highest BCUT2D eigenvalue weighted by Gasteiger charge is 2.10. The molecule has 5 heteroatoms. The molecule has 1 heterocycles. The van der Waals surface area contributed by atoms with E-state index in [1.54, 1.807) is 31.4 Å². The second-order valence-electron chi connectivity index (χ2n) is 4.38. The molecule has 0 fully saturated rings. The number of nitrogens with zero attached hydrogens (tertiary/aromatic N) is 1. The normalized spacial score (nSPS) is 10.4. The van der Waals surface area contributed by atoms with Gasteiger partial charge in [0, 0.05) is 23.7 Å². The third-order valence-corrected chi connectivity index (χ3v) is 3.08. The molecule has 1 aromatic carbocycles. The first-order valence-corrected chi connectivity index (χ1v) is 5.88. The summed E-state index contributed by atoms with van der Waals surface area (Å²) in [6.45, 7) is 1.88. The Kier molecular flexibility index (Phi) is 3.46. The molecule has 0 unspecified atom stereocenters. The molecule has 100 valence electrons. The van der Waals surface area contributed by atoms with Crippen LogP contribution in [0.15, 0.2) is 24.3 Å². The highest BCUT2D eigenvalue weighted by Crippen LogP contribution is 2.27. The van der Waals surface area contributed by atoms with Crippen LogP contribution in [0.4, 0.5) is 11.5 Å². The Morgan fingerprint density at radius 2 is 2.00 bits per heavy atom. The molecular formula is C14H17N3O2. The van der Waals surface area contributed by atoms with Gasteiger partial charge >= 0.3 is 0 Å². The second-order valence-corrected chi connectivity index (χ2v) is 4.38. The first kappa shape index (κ1) is 13.0. The van der Waals surface area contributed by atoms with Crippen molar-refractivity contribution in [2.45, 2.75) is 13.3 Å². The van der Waals surface area contributed by atoms with E-state index in [0.717, 1.165) is 16.8 Å². The highest BCUT2D eigenvalue weighted by molar-refractivity contribution is 5.56. The zero-order valence-corrected chi connectivity index (χ0v) is 11.0. The van der Waals surface area contributed by atoms with Crippen molar-refractivity contribution in [2.75, 3.05) is 18.6 Å². The molecule has 0 amide bonds. The number of hydrogen-bond acceptors (Lipinski definition) is 5. The number of phenolic OH excluding ortho intramolecular Hbond substituents is 1. The van der Waals surface area contributed by atoms with E-state index >= 15 is 0 Å². The number of methoxy groups -OCH3 is 1. The number of nitrogen functional groups attached to an aromatic ring is 2. The van der Waals surface area contributed by atoms with E-state index in [0.29, 0.717) is 23.7 Å². The van der Waals surface area contributed by atoms with Gasteiger partial charge in [0.05, 0.1) is 12.8 Å². The van der Waals surface area contributed by atoms with Gasteiger partial charge in [0.15, 0.2) is 0 Å². The summed E-state index contributed by atoms with van der Waals surface area (Å²) in [6, 6.07) is 6.70. The molecule has 0 spiro atoms. The zero-order valence-electron chi connectivity index (χ0n) is 11.0. The number of aromatic hydroxyl groups is 1. The Morgan fingerprint density at radius 3 is 2.68 bits per heavy atom. The molecule has 5 N–H and O–H groups in total. The number of ether oxygens (including phenoxy) is 1. The third-order valence-electron chi connectivity index (χ3n) is 3.08. The fraction of sp³-hybridized carbons (Fsp3) is 0.214. The number of hydrogen-bond donors (Lipinski definition) is 3. The number of benzene rings is 1. The van der Waals surface area contributed by atoms with Gasteiger partial charge in [-0.15, -0.1) is 0 Å². The zero-order chi connectivity index (χ0) is 14.0. The standard InChI is InChI=1S/C14H17N3O2/c1-8-11(15)7-14(16)17-12(8)6-9-5-10(19-2)3-4-13(9)18/h3-5,7,18H,6H2,1-2H3,(H4,15,16,17). The van der Waals surface area contributed by atoms with Gasteiger partial charge in [-0.1, -0.05) is 0 Å². The van der Waals surface area contributed by atoms with Crippen LogP contribution in [0.1, 0.15) is 16.8 Å². The maximum atomic E-state index is 9.88. The molecule has 0 radical (unpaired) electrons. The van der Waals surface area contributed by atoms with Crippen molar-refractivity contribution in [3.05, 3.63) is 41.1 Å². The van der Waals surface area contributed by atoms with Gasteiger partial charge in [-0.2, -0.15) is 0 Å². The van der Waals surface area contributed by atoms with E-state index in [-0.39, 0.29) is 5.75 Å². The van der Waals surface area contributed by atoms with E-state index in [1.807, 2.05) is 6.92 Å². The summed E-state index contributed by atoms with van der Waals surface area (Å²) in [7, 11) is 1.58. The van der Waals surface area contributed by atoms with Gasteiger partial charge in [-0.25, -0.2) is 4.98 Å². The molecule has 5 nitrogen and oxygen atoms in total. The largest absolute Gasteiger partial charge is 0.508 e. The van der Waals surface area contributed by atoms with Crippen LogP contribution in [0.3, 0.4) is 0 Å². The molecule has 0 saturated carbocycles. The Hall–Kier alpha value is -2.43. The summed E-state index contributed by atoms with van der Waals surface area (Å²) in [5.74, 6) is 1.26. The lowest BCUT2D eigenvalue weighted by Gasteiger charge is -2.11. The van der Waals surface area contributed by atoms with E-state index in [2.05, 4.69) is 4.98 Å². The minimum Gasteiger partial charge on any atom is -0.508 e. The molecule has 0 saturated heterocycles. The van der Waals surface area contributed by atoms with Gasteiger partial charge in [-0.3, -0.25) is 0 Å². The molecule has 0 bridgehead atoms. The van der Waals surface area contributed by atoms with E-state index in [9.17, 15) is 5.11 Å². The Bertz CT molecular complexity index is 612. The maximum absolute atomic E-state index is 9.88. The lowest BCUT2D eigenvalue weighted by Crippen LogP contribution is -2.04. The van der Waals surface area contributed by atoms with Crippen LogP contribution in [0.25, 0.3) is 0 Å². The fourth-order valence-electron chi connectivity index (χ4n) is 1.89. The minimum absolute atomic E-state index is 0.197. The third kappa shape index (κ3) is 2.70. The quantitative estimate of drug-likeness (QED) is 0.782. The number of pyridine rings is 1. The summed E-state index contributed by atoms with van der Waals surface area (Å²) in [4.78, 5) is 4.27. The molecule has 1 aromatic heterocycles. The second kappa shape index (κ2) is 5.06. The Morgan fingerprint density at radius 1 is 1.26 bits per heavy atom. The van der Waals surface area contributed by atoms with Crippen LogP contribution in [0.2, 0.25) is 0 Å². The van der Waals surface area contributed by atoms with Gasteiger partial charge in [0.1, 0.15) is 17.3 Å². The van der Waals surface area contributed by atoms with Crippen molar-refractivity contribution >= 4 is 11.5 Å². The summed E-state index contributed by atoms with van der Waals surface area (Å²) < 4.78 is 5.14. The Balaban J connectivity index is 2.41. The highest BCUT2D eigenvalue weighted by atomic mass is 16.5. The van der Waals surface area contributed by atoms with E-state index in [4.69, 9.17) is 16.2 Å². The van der Waals surface area contributed by atoms with Gasteiger partial charge in [0.25, 0.3) is 0 Å². The van der Waals surface area contributed by atoms with Gasteiger partial charge in [-0.05, 0) is 30.7 Å². The Labute approximate surface area is 111 Å². The number of aromatic nitrogens is 1. The summed E-state index contributed by atoms with van der Waals surface area (Å²) in [5.41, 5.74) is 14.5. The predicted octanol–water partition coefficient (Wildman–Crippen LogP) is 1.86. The number of rotatable bonds is 3. The molecule has 0 aliphatic heterocycles. The van der Waals surface area contributed by atoms with Crippen molar-refractivity contribution in [1.29, 1.82) is 0 Å². The lowest BCUT2D eigenvalue weighted by molar-refractivity contribution is 0.411. The van der Waals surface area contributed by atoms with Crippen molar-refractivity contribution in [3.8, 4) is 11.5 Å². The van der Waals surface area contributed by atoms with Crippen LogP contribution < -0.4 is 16.2 Å². The van der Waals surface area contributed by atoms with Crippen molar-refractivity contribution in [3.63, 3.8) is 0 Å². The van der Waals surface area contributed by atoms with Crippen LogP contribution in [0.5, 0.6) is 11.5 Å². The SMILES string of the molecule is COc1ccc(O)c(Cc2nc(N)cc(N)c2C)c1. The van der Waals surface area contributed by atoms with Gasteiger partial charge < -0.3 is 21.3 Å². The monoisotopic (exact) mass is 259 g/mol. The molecule has 0 atom stereocenters. The molecular weight excluding hydrogens is 242 g/mol. The number of nitrogens with two attached hydrogens (primary N) is 2. The van der Waals surface area contributed by atoms with Crippen molar-refractivity contribution in [2.24, 2.45) is 0 Å². The summed E-state index contributed by atoms with van der Waals surface area (Å²) in [5, 5.41) is 9.88. The average molecular weight is 259 g/mol. The van der Waals surface area contributed by atoms with Crippen molar-refractivity contribution in [1.82, 2.24) is 4.98 Å². The predicted molar refractivity (Wildman–Crippen MR) is 75.3 cm³/mol. The van der Waals surface area contributed by atoms with Crippen LogP contribution in [-0.4, -0.2) is 17.2 Å². The molecule has 19 heavy (non-hydrogen) atoms. The van der Waals surface area contributed by atoms with Crippen LogP contribution >= 0.6 is 0 Å². The average Bonchev–Trinajstić information content (AvgIpc) is 2.38. The van der Waals surface area contributed by atoms with Crippen LogP contribution in [-0.2, 0) is 6.42 Å². The topological polar surface area (TPSA) is 94.4 Å². The smallest absolute Gasteiger partial charge is 0.125 e. The maximum Gasteiger partial charge on any atom is 0.125 e. The lowest BCUT2D eigenvalue weighted by atomic mass is 10.0. The number of phenols is 1. The first-order chi connectivity index (χ1) is 9.01. The fourth-order valence-corrected chi connectivity index (χ4v) is 1.89. The molecule has 2 rings (SSSR count). The molecule has 2 aromatic rings. The molecule has 0 aliphatic carbocycles. The molecule has 0 aliphatic rings. The number of anilines is 2. The van der Waals surface area contributed by atoms with Gasteiger partial charge in [0.2, 0.25) is 0 Å². The minimum atomic E-state index is 0.197. The van der Waals surface area contributed by atoms with E-state index < -0.39 is 0 Å². The van der Waals surface area contributed by atoms with E-state index in [1.165, 1.54) is 0 Å².